The molecule has 1 rings (SSSR count). The van der Waals surface area contributed by atoms with Crippen molar-refractivity contribution in [1.82, 2.24) is 25.6 Å². The van der Waals surface area contributed by atoms with E-state index in [1.54, 1.807) is 7.05 Å². The number of anilines is 3. The lowest BCUT2D eigenvalue weighted by Gasteiger charge is -2.08. The molecule has 0 radical (unpaired) electrons. The molecular formula is C22H48ClN9. The summed E-state index contributed by atoms with van der Waals surface area (Å²) in [6.45, 7) is 5.91. The summed E-state index contributed by atoms with van der Waals surface area (Å²) in [5.41, 5.74) is 11.1. The third-order valence-corrected chi connectivity index (χ3v) is 5.20. The summed E-state index contributed by atoms with van der Waals surface area (Å²) < 4.78 is 0. The standard InChI is InChI=1S/C22H47N9.ClH/c1-25-21-29-20(24)30-22(31-21)28-19-13-18-27-16-11-9-7-5-3-2-4-6-8-10-15-26-17-12-14-23;/h26-27H,2-19,23H2,1H3,(H4,24,25,28,29,30,31);1H. The van der Waals surface area contributed by atoms with Crippen molar-refractivity contribution in [3.05, 3.63) is 0 Å². The minimum absolute atomic E-state index is 0. The number of nitrogens with two attached hydrogens (primary N) is 2. The van der Waals surface area contributed by atoms with Crippen molar-refractivity contribution in [3.8, 4) is 0 Å². The molecule has 0 unspecified atom stereocenters. The Morgan fingerprint density at radius 2 is 1.06 bits per heavy atom. The topological polar surface area (TPSA) is 139 Å². The number of nitrogens with one attached hydrogen (secondary N) is 4. The van der Waals surface area contributed by atoms with Crippen LogP contribution in [0.15, 0.2) is 0 Å². The highest BCUT2D eigenvalue weighted by Gasteiger charge is 2.02. The first-order chi connectivity index (χ1) is 15.3. The summed E-state index contributed by atoms with van der Waals surface area (Å²) in [7, 11) is 1.76. The maximum Gasteiger partial charge on any atom is 0.229 e. The molecule has 0 aliphatic rings. The van der Waals surface area contributed by atoms with Crippen LogP contribution in [0, 0.1) is 0 Å². The molecular weight excluding hydrogens is 426 g/mol. The van der Waals surface area contributed by atoms with Gasteiger partial charge in [-0.2, -0.15) is 15.0 Å². The highest BCUT2D eigenvalue weighted by atomic mass is 35.5. The first-order valence-electron chi connectivity index (χ1n) is 12.3. The van der Waals surface area contributed by atoms with Gasteiger partial charge in [-0.05, 0) is 58.4 Å². The van der Waals surface area contributed by atoms with Gasteiger partial charge in [0.05, 0.1) is 0 Å². The molecule has 0 saturated heterocycles. The van der Waals surface area contributed by atoms with Crippen molar-refractivity contribution in [3.63, 3.8) is 0 Å². The van der Waals surface area contributed by atoms with Gasteiger partial charge < -0.3 is 32.7 Å². The molecule has 9 nitrogen and oxygen atoms in total. The van der Waals surface area contributed by atoms with Crippen LogP contribution in [0.4, 0.5) is 17.8 Å². The largest absolute Gasteiger partial charge is 0.368 e. The highest BCUT2D eigenvalue weighted by molar-refractivity contribution is 5.85. The van der Waals surface area contributed by atoms with E-state index in [1.165, 1.54) is 64.2 Å². The summed E-state index contributed by atoms with van der Waals surface area (Å²) in [5, 5.41) is 13.0. The summed E-state index contributed by atoms with van der Waals surface area (Å²) in [4.78, 5) is 12.3. The highest BCUT2D eigenvalue weighted by Crippen LogP contribution is 2.10. The van der Waals surface area contributed by atoms with E-state index in [1.807, 2.05) is 0 Å². The fraction of sp³-hybridized carbons (Fsp3) is 0.864. The van der Waals surface area contributed by atoms with Crippen LogP contribution in [0.5, 0.6) is 0 Å². The van der Waals surface area contributed by atoms with Crippen LogP contribution in [-0.4, -0.2) is 61.3 Å². The van der Waals surface area contributed by atoms with E-state index < -0.39 is 0 Å². The average molecular weight is 474 g/mol. The van der Waals surface area contributed by atoms with Crippen LogP contribution in [0.3, 0.4) is 0 Å². The van der Waals surface area contributed by atoms with Crippen molar-refractivity contribution >= 4 is 30.3 Å². The quantitative estimate of drug-likeness (QED) is 0.140. The lowest BCUT2D eigenvalue weighted by molar-refractivity contribution is 0.531. The molecule has 0 amide bonds. The molecule has 0 bridgehead atoms. The van der Waals surface area contributed by atoms with Crippen molar-refractivity contribution in [1.29, 1.82) is 0 Å². The first-order valence-corrected chi connectivity index (χ1v) is 12.3. The molecule has 1 aromatic heterocycles. The summed E-state index contributed by atoms with van der Waals surface area (Å²) in [6, 6.07) is 0. The molecule has 0 saturated carbocycles. The Kier molecular flexibility index (Phi) is 21.8. The zero-order valence-corrected chi connectivity index (χ0v) is 20.9. The molecule has 0 spiro atoms. The third-order valence-electron chi connectivity index (χ3n) is 5.20. The second-order valence-electron chi connectivity index (χ2n) is 8.05. The van der Waals surface area contributed by atoms with E-state index >= 15 is 0 Å². The van der Waals surface area contributed by atoms with Gasteiger partial charge in [-0.3, -0.25) is 0 Å². The molecule has 0 aliphatic carbocycles. The Morgan fingerprint density at radius 1 is 0.594 bits per heavy atom. The fourth-order valence-electron chi connectivity index (χ4n) is 3.39. The summed E-state index contributed by atoms with van der Waals surface area (Å²) in [5.74, 6) is 1.23. The molecule has 10 heteroatoms. The molecule has 0 atom stereocenters. The van der Waals surface area contributed by atoms with E-state index in [2.05, 4.69) is 36.2 Å². The van der Waals surface area contributed by atoms with Gasteiger partial charge in [-0.1, -0.05) is 51.4 Å². The molecule has 0 aromatic carbocycles. The Morgan fingerprint density at radius 3 is 1.59 bits per heavy atom. The van der Waals surface area contributed by atoms with E-state index in [9.17, 15) is 0 Å². The lowest BCUT2D eigenvalue weighted by atomic mass is 10.1. The average Bonchev–Trinajstić information content (AvgIpc) is 2.77. The summed E-state index contributed by atoms with van der Waals surface area (Å²) >= 11 is 0. The van der Waals surface area contributed by atoms with E-state index in [0.29, 0.717) is 11.9 Å². The molecule has 1 aromatic rings. The number of hydrogen-bond acceptors (Lipinski definition) is 9. The van der Waals surface area contributed by atoms with Crippen molar-refractivity contribution in [2.45, 2.75) is 77.0 Å². The SMILES string of the molecule is CNc1nc(N)nc(NCCCNCCCCCCCCCCCCNCCCN)n1.Cl. The van der Waals surface area contributed by atoms with Gasteiger partial charge in [0.1, 0.15) is 0 Å². The zero-order chi connectivity index (χ0) is 22.4. The minimum Gasteiger partial charge on any atom is -0.368 e. The van der Waals surface area contributed by atoms with Gasteiger partial charge in [0.2, 0.25) is 17.8 Å². The number of halogens is 1. The second kappa shape index (κ2) is 22.8. The van der Waals surface area contributed by atoms with Gasteiger partial charge in [-0.25, -0.2) is 0 Å². The number of hydrogen-bond donors (Lipinski definition) is 6. The predicted octanol–water partition coefficient (Wildman–Crippen LogP) is 3.15. The van der Waals surface area contributed by atoms with Gasteiger partial charge in [-0.15, -0.1) is 12.4 Å². The van der Waals surface area contributed by atoms with Crippen LogP contribution in [0.25, 0.3) is 0 Å². The Balaban J connectivity index is 0.00000961. The Bertz CT molecular complexity index is 534. The van der Waals surface area contributed by atoms with Crippen LogP contribution in [0.1, 0.15) is 77.0 Å². The molecule has 0 fully saturated rings. The molecule has 188 valence electrons. The van der Waals surface area contributed by atoms with Crippen molar-refractivity contribution in [2.75, 3.05) is 62.7 Å². The van der Waals surface area contributed by atoms with Crippen molar-refractivity contribution in [2.24, 2.45) is 5.73 Å². The number of nitrogen functional groups attached to an aromatic ring is 1. The first kappa shape index (κ1) is 30.6. The number of aromatic nitrogens is 3. The number of unbranched alkanes of at least 4 members (excludes halogenated alkanes) is 9. The third kappa shape index (κ3) is 18.2. The van der Waals surface area contributed by atoms with Crippen molar-refractivity contribution < 1.29 is 0 Å². The Hall–Kier alpha value is -1.42. The van der Waals surface area contributed by atoms with E-state index in [-0.39, 0.29) is 18.4 Å². The summed E-state index contributed by atoms with van der Waals surface area (Å²) in [6.07, 6.45) is 15.7. The smallest absolute Gasteiger partial charge is 0.229 e. The second-order valence-corrected chi connectivity index (χ2v) is 8.05. The number of rotatable bonds is 22. The van der Waals surface area contributed by atoms with E-state index in [0.717, 1.165) is 52.1 Å². The maximum absolute atomic E-state index is 5.65. The van der Waals surface area contributed by atoms with Crippen LogP contribution in [-0.2, 0) is 0 Å². The monoisotopic (exact) mass is 473 g/mol. The van der Waals surface area contributed by atoms with Crippen LogP contribution in [0.2, 0.25) is 0 Å². The van der Waals surface area contributed by atoms with Crippen LogP contribution < -0.4 is 32.7 Å². The van der Waals surface area contributed by atoms with Gasteiger partial charge in [0.25, 0.3) is 0 Å². The molecule has 0 aliphatic heterocycles. The Labute approximate surface area is 201 Å². The lowest BCUT2D eigenvalue weighted by Crippen LogP contribution is -2.20. The molecule has 1 heterocycles. The maximum atomic E-state index is 5.65. The molecule has 8 N–H and O–H groups in total. The normalized spacial score (nSPS) is 10.7. The van der Waals surface area contributed by atoms with Gasteiger partial charge in [0, 0.05) is 13.6 Å². The minimum atomic E-state index is 0. The van der Waals surface area contributed by atoms with E-state index in [4.69, 9.17) is 11.5 Å². The predicted molar refractivity (Wildman–Crippen MR) is 140 cm³/mol. The molecule has 32 heavy (non-hydrogen) atoms. The van der Waals surface area contributed by atoms with Gasteiger partial charge in [0.15, 0.2) is 0 Å². The fourth-order valence-corrected chi connectivity index (χ4v) is 3.39. The van der Waals surface area contributed by atoms with Gasteiger partial charge >= 0.3 is 0 Å². The van der Waals surface area contributed by atoms with Crippen LogP contribution >= 0.6 is 12.4 Å². The zero-order valence-electron chi connectivity index (χ0n) is 20.1. The number of nitrogens with zero attached hydrogens (tertiary/aromatic N) is 3.